The van der Waals surface area contributed by atoms with Crippen LogP contribution in [0.25, 0.3) is 0 Å². The number of nitro benzene ring substituents is 1. The number of aliphatic carboxylic acids is 1. The van der Waals surface area contributed by atoms with E-state index in [1.54, 1.807) is 0 Å². The summed E-state index contributed by atoms with van der Waals surface area (Å²) in [7, 11) is -1.77. The van der Waals surface area contributed by atoms with Gasteiger partial charge in [-0.25, -0.2) is 0 Å². The zero-order valence-corrected chi connectivity index (χ0v) is 10.1. The van der Waals surface area contributed by atoms with Crippen LogP contribution in [0.3, 0.4) is 0 Å². The van der Waals surface area contributed by atoms with Gasteiger partial charge in [-0.2, -0.15) is 0 Å². The first-order valence-electron chi connectivity index (χ1n) is 5.05. The summed E-state index contributed by atoms with van der Waals surface area (Å²) < 4.78 is 12.0. The van der Waals surface area contributed by atoms with Crippen LogP contribution < -0.4 is 5.73 Å². The van der Waals surface area contributed by atoms with Gasteiger partial charge in [0, 0.05) is 17.0 Å². The number of nitrogens with two attached hydrogens (primary N) is 1. The molecule has 98 valence electrons. The molecule has 0 heterocycles. The summed E-state index contributed by atoms with van der Waals surface area (Å²) in [5, 5.41) is 18.3. The van der Waals surface area contributed by atoms with E-state index in [2.05, 4.69) is 0 Å². The molecule has 0 fully saturated rings. The van der Waals surface area contributed by atoms with E-state index >= 15 is 0 Å². The number of carboxylic acids is 1. The molecule has 0 aliphatic heterocycles. The summed E-state index contributed by atoms with van der Waals surface area (Å²) in [4.78, 5) is 21.0. The van der Waals surface area contributed by atoms with Crippen LogP contribution >= 0.6 is 0 Å². The number of hydrogen-bond acceptors (Lipinski definition) is 5. The van der Waals surface area contributed by atoms with Crippen LogP contribution in [-0.2, 0) is 15.6 Å². The van der Waals surface area contributed by atoms with Crippen LogP contribution in [0.1, 0.15) is 6.42 Å². The van der Waals surface area contributed by atoms with Crippen molar-refractivity contribution >= 4 is 22.5 Å². The molecule has 0 aromatic heterocycles. The first-order chi connectivity index (χ1) is 8.47. The Hall–Kier alpha value is -1.80. The van der Waals surface area contributed by atoms with Gasteiger partial charge in [0.2, 0.25) is 0 Å². The van der Waals surface area contributed by atoms with E-state index in [1.165, 1.54) is 24.3 Å². The third kappa shape index (κ3) is 3.34. The van der Waals surface area contributed by atoms with Gasteiger partial charge in [-0.05, 0) is 25.1 Å². The third-order valence-corrected chi connectivity index (χ3v) is 3.93. The largest absolute Gasteiger partial charge is 0.480 e. The molecular weight excluding hydrogens is 260 g/mol. The van der Waals surface area contributed by atoms with Gasteiger partial charge in [-0.1, -0.05) is 0 Å². The number of nitrogens with zero attached hydrogens (tertiary/aromatic N) is 1. The Morgan fingerprint density at radius 1 is 1.44 bits per heavy atom. The molecule has 0 aliphatic rings. The molecule has 0 amide bonds. The quantitative estimate of drug-likeness (QED) is 0.574. The molecule has 0 spiro atoms. The van der Waals surface area contributed by atoms with E-state index in [0.29, 0.717) is 0 Å². The van der Waals surface area contributed by atoms with E-state index in [4.69, 9.17) is 10.8 Å². The summed E-state index contributed by atoms with van der Waals surface area (Å²) in [5.41, 5.74) is 5.12. The summed E-state index contributed by atoms with van der Waals surface area (Å²) in [6.07, 6.45) is 0.0823. The van der Waals surface area contributed by atoms with Crippen molar-refractivity contribution in [3.8, 4) is 0 Å². The molecule has 2 atom stereocenters. The maximum atomic E-state index is 12.0. The third-order valence-electron chi connectivity index (χ3n) is 2.24. The van der Waals surface area contributed by atoms with Crippen LogP contribution in [0.4, 0.5) is 5.69 Å². The number of rotatable bonds is 6. The van der Waals surface area contributed by atoms with Gasteiger partial charge in [0.1, 0.15) is 5.25 Å². The van der Waals surface area contributed by atoms with Crippen molar-refractivity contribution in [3.63, 3.8) is 0 Å². The maximum Gasteiger partial charge on any atom is 0.319 e. The van der Waals surface area contributed by atoms with Crippen molar-refractivity contribution < 1.29 is 19.0 Å². The molecule has 8 heteroatoms. The zero-order valence-electron chi connectivity index (χ0n) is 9.31. The number of hydrogen-bond donors (Lipinski definition) is 2. The van der Waals surface area contributed by atoms with Crippen LogP contribution in [0.15, 0.2) is 29.2 Å². The smallest absolute Gasteiger partial charge is 0.319 e. The Bertz CT molecular complexity index is 474. The number of carbonyl (C=O) groups is 1. The van der Waals surface area contributed by atoms with E-state index in [0.717, 1.165) is 0 Å². The molecule has 1 aromatic rings. The summed E-state index contributed by atoms with van der Waals surface area (Å²) in [6.45, 7) is 0.107. The van der Waals surface area contributed by atoms with Crippen molar-refractivity contribution in [3.05, 3.63) is 34.4 Å². The van der Waals surface area contributed by atoms with Gasteiger partial charge in [-0.15, -0.1) is 0 Å². The summed E-state index contributed by atoms with van der Waals surface area (Å²) in [5.74, 6) is -1.20. The number of non-ortho nitro benzene ring substituents is 1. The Kier molecular flexibility index (Phi) is 4.93. The molecule has 0 aliphatic carbocycles. The highest BCUT2D eigenvalue weighted by Gasteiger charge is 2.25. The van der Waals surface area contributed by atoms with E-state index in [1.807, 2.05) is 0 Å². The average Bonchev–Trinajstić information content (AvgIpc) is 2.35. The van der Waals surface area contributed by atoms with Gasteiger partial charge in [0.05, 0.1) is 15.7 Å². The fraction of sp³-hybridized carbons (Fsp3) is 0.300. The minimum absolute atomic E-state index is 0.0823. The average molecular weight is 272 g/mol. The van der Waals surface area contributed by atoms with Crippen molar-refractivity contribution in [2.75, 3.05) is 6.54 Å². The lowest BCUT2D eigenvalue weighted by Gasteiger charge is -2.10. The minimum Gasteiger partial charge on any atom is -0.480 e. The SMILES string of the molecule is NCCC(C(=O)O)S(=O)c1ccc([N+](=O)[O-])cc1. The molecule has 7 nitrogen and oxygen atoms in total. The van der Waals surface area contributed by atoms with Gasteiger partial charge >= 0.3 is 5.97 Å². The molecule has 18 heavy (non-hydrogen) atoms. The fourth-order valence-electron chi connectivity index (χ4n) is 1.34. The van der Waals surface area contributed by atoms with Crippen molar-refractivity contribution in [2.24, 2.45) is 5.73 Å². The Balaban J connectivity index is 2.95. The van der Waals surface area contributed by atoms with Crippen LogP contribution in [0.2, 0.25) is 0 Å². The lowest BCUT2D eigenvalue weighted by Crippen LogP contribution is -2.28. The highest BCUT2D eigenvalue weighted by atomic mass is 32.2. The molecule has 1 aromatic carbocycles. The molecular formula is C10H12N2O5S. The first kappa shape index (κ1) is 14.3. The zero-order chi connectivity index (χ0) is 13.7. The topological polar surface area (TPSA) is 124 Å². The summed E-state index contributed by atoms with van der Waals surface area (Å²) in [6, 6.07) is 4.96. The van der Waals surface area contributed by atoms with Crippen LogP contribution in [-0.4, -0.2) is 32.0 Å². The second-order valence-corrected chi connectivity index (χ2v) is 5.09. The Morgan fingerprint density at radius 3 is 2.39 bits per heavy atom. The molecule has 0 saturated heterocycles. The molecule has 0 bridgehead atoms. The maximum absolute atomic E-state index is 12.0. The number of carboxylic acid groups (broad SMARTS) is 1. The standard InChI is InChI=1S/C10H12N2O5S/c11-6-5-9(10(13)14)18(17)8-3-1-7(2-4-8)12(15)16/h1-4,9H,5-6,11H2,(H,13,14). The van der Waals surface area contributed by atoms with E-state index in [-0.39, 0.29) is 23.5 Å². The predicted molar refractivity (Wildman–Crippen MR) is 64.6 cm³/mol. The van der Waals surface area contributed by atoms with Gasteiger partial charge in [0.25, 0.3) is 5.69 Å². The first-order valence-corrected chi connectivity index (χ1v) is 6.26. The molecule has 0 saturated carbocycles. The van der Waals surface area contributed by atoms with Crippen molar-refractivity contribution in [1.29, 1.82) is 0 Å². The van der Waals surface area contributed by atoms with Crippen LogP contribution in [0, 0.1) is 10.1 Å². The van der Waals surface area contributed by atoms with Crippen molar-refractivity contribution in [2.45, 2.75) is 16.6 Å². The highest BCUT2D eigenvalue weighted by molar-refractivity contribution is 7.86. The Morgan fingerprint density at radius 2 is 2.00 bits per heavy atom. The van der Waals surface area contributed by atoms with Crippen molar-refractivity contribution in [1.82, 2.24) is 0 Å². The second kappa shape index (κ2) is 6.22. The predicted octanol–water partition coefficient (Wildman–Crippen LogP) is 0.504. The second-order valence-electron chi connectivity index (χ2n) is 3.45. The molecule has 3 N–H and O–H groups in total. The number of nitro groups is 1. The monoisotopic (exact) mass is 272 g/mol. The lowest BCUT2D eigenvalue weighted by atomic mass is 10.3. The van der Waals surface area contributed by atoms with E-state index in [9.17, 15) is 19.1 Å². The lowest BCUT2D eigenvalue weighted by molar-refractivity contribution is -0.384. The van der Waals surface area contributed by atoms with Gasteiger partial charge in [-0.3, -0.25) is 19.1 Å². The van der Waals surface area contributed by atoms with Crippen LogP contribution in [0.5, 0.6) is 0 Å². The van der Waals surface area contributed by atoms with Gasteiger partial charge < -0.3 is 10.8 Å². The molecule has 0 radical (unpaired) electrons. The summed E-state index contributed by atoms with van der Waals surface area (Å²) >= 11 is 0. The highest BCUT2D eigenvalue weighted by Crippen LogP contribution is 2.18. The molecule has 2 unspecified atom stereocenters. The Labute approximate surface area is 105 Å². The molecule has 1 rings (SSSR count). The number of benzene rings is 1. The van der Waals surface area contributed by atoms with Gasteiger partial charge in [0.15, 0.2) is 0 Å². The minimum atomic E-state index is -1.77. The normalized spacial score (nSPS) is 13.8. The van der Waals surface area contributed by atoms with E-state index < -0.39 is 26.9 Å². The fourth-order valence-corrected chi connectivity index (χ4v) is 2.61.